The van der Waals surface area contributed by atoms with Crippen molar-refractivity contribution in [2.45, 2.75) is 13.5 Å². The summed E-state index contributed by atoms with van der Waals surface area (Å²) < 4.78 is 5.61. The zero-order valence-electron chi connectivity index (χ0n) is 10.9. The van der Waals surface area contributed by atoms with Crippen LogP contribution in [0, 0.1) is 18.3 Å². The van der Waals surface area contributed by atoms with Gasteiger partial charge in [0.25, 0.3) is 0 Å². The van der Waals surface area contributed by atoms with E-state index in [0.29, 0.717) is 23.5 Å². The van der Waals surface area contributed by atoms with E-state index in [0.717, 1.165) is 11.1 Å². The van der Waals surface area contributed by atoms with E-state index in [1.165, 1.54) is 0 Å². The van der Waals surface area contributed by atoms with Gasteiger partial charge in [-0.1, -0.05) is 6.07 Å². The van der Waals surface area contributed by atoms with Crippen molar-refractivity contribution in [2.24, 2.45) is 0 Å². The van der Waals surface area contributed by atoms with Crippen LogP contribution in [0.5, 0.6) is 5.75 Å². The summed E-state index contributed by atoms with van der Waals surface area (Å²) in [5, 5.41) is 27.0. The van der Waals surface area contributed by atoms with Gasteiger partial charge in [-0.2, -0.15) is 5.26 Å². The summed E-state index contributed by atoms with van der Waals surface area (Å²) in [7, 11) is -1.48. The average molecular weight is 268 g/mol. The van der Waals surface area contributed by atoms with Crippen molar-refractivity contribution in [1.82, 2.24) is 4.98 Å². The molecule has 2 aromatic rings. The molecule has 6 heteroatoms. The third kappa shape index (κ3) is 3.35. The van der Waals surface area contributed by atoms with Gasteiger partial charge in [-0.15, -0.1) is 0 Å². The number of hydrogen-bond acceptors (Lipinski definition) is 5. The minimum absolute atomic E-state index is 0.317. The largest absolute Gasteiger partial charge is 0.489 e. The van der Waals surface area contributed by atoms with Crippen molar-refractivity contribution in [3.8, 4) is 11.8 Å². The molecule has 0 aliphatic heterocycles. The zero-order valence-corrected chi connectivity index (χ0v) is 10.9. The third-order valence-corrected chi connectivity index (χ3v) is 2.86. The Labute approximate surface area is 117 Å². The predicted octanol–water partition coefficient (Wildman–Crippen LogP) is 0.520. The van der Waals surface area contributed by atoms with Crippen LogP contribution in [0.1, 0.15) is 16.8 Å². The molecule has 0 fully saturated rings. The fraction of sp³-hybridized carbons (Fsp3) is 0.143. The molecule has 0 unspecified atom stereocenters. The number of hydrogen-bond donors (Lipinski definition) is 2. The highest BCUT2D eigenvalue weighted by Gasteiger charge is 2.13. The number of aromatic nitrogens is 1. The van der Waals surface area contributed by atoms with Crippen molar-refractivity contribution in [3.63, 3.8) is 0 Å². The van der Waals surface area contributed by atoms with Crippen molar-refractivity contribution >= 4 is 12.6 Å². The quantitative estimate of drug-likeness (QED) is 0.789. The van der Waals surface area contributed by atoms with E-state index in [2.05, 4.69) is 4.98 Å². The molecule has 5 nitrogen and oxygen atoms in total. The Kier molecular flexibility index (Phi) is 4.36. The van der Waals surface area contributed by atoms with Crippen LogP contribution in [-0.4, -0.2) is 22.2 Å². The van der Waals surface area contributed by atoms with Gasteiger partial charge >= 0.3 is 7.12 Å². The molecule has 1 aromatic heterocycles. The maximum absolute atomic E-state index is 9.14. The van der Waals surface area contributed by atoms with E-state index in [9.17, 15) is 0 Å². The number of nitrogens with zero attached hydrogens (tertiary/aromatic N) is 2. The highest BCUT2D eigenvalue weighted by atomic mass is 16.5. The highest BCUT2D eigenvalue weighted by Crippen LogP contribution is 2.14. The first kappa shape index (κ1) is 14.1. The van der Waals surface area contributed by atoms with Gasteiger partial charge in [0.15, 0.2) is 0 Å². The molecular formula is C14H13BN2O3. The number of rotatable bonds is 4. The minimum Gasteiger partial charge on any atom is -0.489 e. The zero-order chi connectivity index (χ0) is 14.5. The second kappa shape index (κ2) is 6.19. The summed E-state index contributed by atoms with van der Waals surface area (Å²) in [6, 6.07) is 10.4. The first-order valence-corrected chi connectivity index (χ1v) is 6.04. The first-order valence-electron chi connectivity index (χ1n) is 6.04. The molecule has 2 rings (SSSR count). The maximum atomic E-state index is 9.14. The molecule has 1 heterocycles. The highest BCUT2D eigenvalue weighted by molar-refractivity contribution is 6.59. The maximum Gasteiger partial charge on any atom is 0.488 e. The number of ether oxygens (including phenoxy) is 1. The monoisotopic (exact) mass is 268 g/mol. The number of pyridine rings is 1. The van der Waals surface area contributed by atoms with Gasteiger partial charge < -0.3 is 14.8 Å². The van der Waals surface area contributed by atoms with Crippen LogP contribution >= 0.6 is 0 Å². The Hall–Kier alpha value is -2.36. The third-order valence-electron chi connectivity index (χ3n) is 2.86. The molecule has 100 valence electrons. The summed E-state index contributed by atoms with van der Waals surface area (Å²) in [4.78, 5) is 3.89. The molecule has 0 saturated heterocycles. The predicted molar refractivity (Wildman–Crippen MR) is 74.3 cm³/mol. The number of aryl methyl sites for hydroxylation is 1. The fourth-order valence-electron chi connectivity index (χ4n) is 1.82. The van der Waals surface area contributed by atoms with Crippen LogP contribution in [0.2, 0.25) is 0 Å². The second-order valence-corrected chi connectivity index (χ2v) is 4.34. The smallest absolute Gasteiger partial charge is 0.488 e. The van der Waals surface area contributed by atoms with Crippen LogP contribution in [0.15, 0.2) is 36.5 Å². The molecule has 0 amide bonds. The summed E-state index contributed by atoms with van der Waals surface area (Å²) in [6.07, 6.45) is 1.56. The molecule has 0 radical (unpaired) electrons. The van der Waals surface area contributed by atoms with Gasteiger partial charge in [-0.05, 0) is 47.8 Å². The Balaban J connectivity index is 2.07. The Morgan fingerprint density at radius 3 is 2.75 bits per heavy atom. The van der Waals surface area contributed by atoms with Crippen molar-refractivity contribution in [2.75, 3.05) is 0 Å². The number of nitriles is 1. The van der Waals surface area contributed by atoms with Gasteiger partial charge in [0.1, 0.15) is 24.1 Å². The topological polar surface area (TPSA) is 86.4 Å². The Morgan fingerprint density at radius 2 is 2.10 bits per heavy atom. The molecule has 2 N–H and O–H groups in total. The molecule has 0 bridgehead atoms. The summed E-state index contributed by atoms with van der Waals surface area (Å²) in [5.41, 5.74) is 2.39. The molecule has 20 heavy (non-hydrogen) atoms. The van der Waals surface area contributed by atoms with Crippen molar-refractivity contribution in [1.29, 1.82) is 5.26 Å². The molecule has 1 aromatic carbocycles. The lowest BCUT2D eigenvalue weighted by molar-refractivity contribution is 0.306. The molecule has 0 spiro atoms. The first-order chi connectivity index (χ1) is 9.60. The summed E-state index contributed by atoms with van der Waals surface area (Å²) >= 11 is 0. The van der Waals surface area contributed by atoms with Gasteiger partial charge in [0.05, 0.1) is 0 Å². The number of benzene rings is 1. The van der Waals surface area contributed by atoms with Crippen LogP contribution < -0.4 is 10.2 Å². The summed E-state index contributed by atoms with van der Waals surface area (Å²) in [6.45, 7) is 2.10. The summed E-state index contributed by atoms with van der Waals surface area (Å²) in [5.74, 6) is 0.627. The molecule has 0 aliphatic carbocycles. The normalized spacial score (nSPS) is 9.90. The lowest BCUT2D eigenvalue weighted by atomic mass is 9.77. The van der Waals surface area contributed by atoms with Gasteiger partial charge in [0, 0.05) is 6.20 Å². The van der Waals surface area contributed by atoms with E-state index in [4.69, 9.17) is 20.0 Å². The van der Waals surface area contributed by atoms with Crippen molar-refractivity contribution < 1.29 is 14.8 Å². The van der Waals surface area contributed by atoms with E-state index in [1.54, 1.807) is 43.5 Å². The van der Waals surface area contributed by atoms with Crippen LogP contribution in [0.25, 0.3) is 0 Å². The SMILES string of the molecule is Cc1cc(OCc2ccnc(C#N)c2)ccc1B(O)O. The van der Waals surface area contributed by atoms with Gasteiger partial charge in [0.2, 0.25) is 0 Å². The van der Waals surface area contributed by atoms with Gasteiger partial charge in [-0.3, -0.25) is 0 Å². The molecular weight excluding hydrogens is 255 g/mol. The molecule has 0 atom stereocenters. The van der Waals surface area contributed by atoms with E-state index in [1.807, 2.05) is 6.07 Å². The van der Waals surface area contributed by atoms with E-state index >= 15 is 0 Å². The lowest BCUT2D eigenvalue weighted by Crippen LogP contribution is -2.31. The molecule has 0 aliphatic rings. The lowest BCUT2D eigenvalue weighted by Gasteiger charge is -2.10. The standard InChI is InChI=1S/C14H13BN2O3/c1-10-6-13(2-3-14(10)15(18)19)20-9-11-4-5-17-12(7-11)8-16/h2-7,18-19H,9H2,1H3. The van der Waals surface area contributed by atoms with Crippen LogP contribution in [-0.2, 0) is 6.61 Å². The molecule has 0 saturated carbocycles. The van der Waals surface area contributed by atoms with Crippen LogP contribution in [0.3, 0.4) is 0 Å². The van der Waals surface area contributed by atoms with E-state index < -0.39 is 7.12 Å². The Morgan fingerprint density at radius 1 is 1.30 bits per heavy atom. The van der Waals surface area contributed by atoms with E-state index in [-0.39, 0.29) is 0 Å². The van der Waals surface area contributed by atoms with Gasteiger partial charge in [-0.25, -0.2) is 4.98 Å². The van der Waals surface area contributed by atoms with Crippen LogP contribution in [0.4, 0.5) is 0 Å². The minimum atomic E-state index is -1.48. The fourth-order valence-corrected chi connectivity index (χ4v) is 1.82. The Bertz CT molecular complexity index is 653. The second-order valence-electron chi connectivity index (χ2n) is 4.34. The average Bonchev–Trinajstić information content (AvgIpc) is 2.45. The van der Waals surface area contributed by atoms with Crippen molar-refractivity contribution in [3.05, 3.63) is 53.3 Å².